The molecular formula is C10H8FNOS. The Morgan fingerprint density at radius 1 is 1.29 bits per heavy atom. The van der Waals surface area contributed by atoms with E-state index in [4.69, 9.17) is 4.52 Å². The van der Waals surface area contributed by atoms with E-state index in [2.05, 4.69) is 17.8 Å². The molecule has 0 saturated carbocycles. The Labute approximate surface area is 86.1 Å². The van der Waals surface area contributed by atoms with Gasteiger partial charge in [-0.15, -0.1) is 0 Å². The molecule has 0 radical (unpaired) electrons. The first-order valence-electron chi connectivity index (χ1n) is 4.12. The van der Waals surface area contributed by atoms with Crippen molar-refractivity contribution < 1.29 is 8.91 Å². The van der Waals surface area contributed by atoms with E-state index in [-0.39, 0.29) is 5.82 Å². The molecule has 0 N–H and O–H groups in total. The second kappa shape index (κ2) is 3.84. The van der Waals surface area contributed by atoms with Crippen LogP contribution in [0.1, 0.15) is 5.76 Å². The lowest BCUT2D eigenvalue weighted by Crippen LogP contribution is -1.77. The minimum Gasteiger partial charge on any atom is -0.360 e. The summed E-state index contributed by atoms with van der Waals surface area (Å²) >= 11 is 4.06. The molecule has 0 aliphatic heterocycles. The van der Waals surface area contributed by atoms with Crippen molar-refractivity contribution in [2.45, 2.75) is 5.75 Å². The number of benzene rings is 1. The molecule has 0 saturated heterocycles. The van der Waals surface area contributed by atoms with Crippen LogP contribution in [0, 0.1) is 5.82 Å². The molecule has 0 atom stereocenters. The van der Waals surface area contributed by atoms with Crippen molar-refractivity contribution in [2.24, 2.45) is 0 Å². The maximum absolute atomic E-state index is 12.6. The lowest BCUT2D eigenvalue weighted by molar-refractivity contribution is 0.397. The third-order valence-electron chi connectivity index (χ3n) is 1.85. The van der Waals surface area contributed by atoms with Gasteiger partial charge in [0.1, 0.15) is 17.3 Å². The smallest absolute Gasteiger partial charge is 0.146 e. The van der Waals surface area contributed by atoms with Crippen molar-refractivity contribution in [1.82, 2.24) is 5.16 Å². The zero-order valence-electron chi connectivity index (χ0n) is 7.27. The molecule has 0 spiro atoms. The number of rotatable bonds is 2. The highest BCUT2D eigenvalue weighted by molar-refractivity contribution is 7.79. The highest BCUT2D eigenvalue weighted by atomic mass is 32.1. The minimum atomic E-state index is -0.258. The SMILES string of the molecule is Fc1ccc(-c2cc(CS)on2)cc1. The quantitative estimate of drug-likeness (QED) is 0.769. The van der Waals surface area contributed by atoms with Gasteiger partial charge in [0.25, 0.3) is 0 Å². The fourth-order valence-electron chi connectivity index (χ4n) is 1.14. The van der Waals surface area contributed by atoms with Gasteiger partial charge >= 0.3 is 0 Å². The third-order valence-corrected chi connectivity index (χ3v) is 2.17. The summed E-state index contributed by atoms with van der Waals surface area (Å²) < 4.78 is 17.6. The maximum atomic E-state index is 12.6. The zero-order valence-corrected chi connectivity index (χ0v) is 8.17. The summed E-state index contributed by atoms with van der Waals surface area (Å²) in [7, 11) is 0. The summed E-state index contributed by atoms with van der Waals surface area (Å²) in [5.41, 5.74) is 1.54. The van der Waals surface area contributed by atoms with Crippen LogP contribution in [0.2, 0.25) is 0 Å². The molecule has 2 aromatic rings. The van der Waals surface area contributed by atoms with E-state index >= 15 is 0 Å². The van der Waals surface area contributed by atoms with Crippen LogP contribution in [0.5, 0.6) is 0 Å². The number of halogens is 1. The van der Waals surface area contributed by atoms with Gasteiger partial charge < -0.3 is 4.52 Å². The highest BCUT2D eigenvalue weighted by Gasteiger charge is 2.04. The summed E-state index contributed by atoms with van der Waals surface area (Å²) in [6.45, 7) is 0. The summed E-state index contributed by atoms with van der Waals surface area (Å²) in [6, 6.07) is 7.90. The second-order valence-electron chi connectivity index (χ2n) is 2.84. The van der Waals surface area contributed by atoms with Crippen LogP contribution in [0.15, 0.2) is 34.9 Å². The van der Waals surface area contributed by atoms with Crippen molar-refractivity contribution in [3.8, 4) is 11.3 Å². The van der Waals surface area contributed by atoms with E-state index in [1.165, 1.54) is 12.1 Å². The Morgan fingerprint density at radius 2 is 2.00 bits per heavy atom. The van der Waals surface area contributed by atoms with Crippen LogP contribution >= 0.6 is 12.6 Å². The standard InChI is InChI=1S/C10H8FNOS/c11-8-3-1-7(2-4-8)10-5-9(6-14)13-12-10/h1-5,14H,6H2. The number of thiol groups is 1. The fourth-order valence-corrected chi connectivity index (χ4v) is 1.29. The molecule has 1 aromatic heterocycles. The average Bonchev–Trinajstić information content (AvgIpc) is 2.67. The predicted molar refractivity (Wildman–Crippen MR) is 54.6 cm³/mol. The summed E-state index contributed by atoms with van der Waals surface area (Å²) in [4.78, 5) is 0. The molecule has 14 heavy (non-hydrogen) atoms. The summed E-state index contributed by atoms with van der Waals surface area (Å²) in [5, 5.41) is 3.84. The number of hydrogen-bond acceptors (Lipinski definition) is 3. The maximum Gasteiger partial charge on any atom is 0.146 e. The molecule has 0 aliphatic rings. The molecule has 2 nitrogen and oxygen atoms in total. The van der Waals surface area contributed by atoms with Crippen molar-refractivity contribution in [3.05, 3.63) is 41.9 Å². The molecule has 0 amide bonds. The fraction of sp³-hybridized carbons (Fsp3) is 0.100. The van der Waals surface area contributed by atoms with Gasteiger partial charge in [0.15, 0.2) is 0 Å². The number of aromatic nitrogens is 1. The van der Waals surface area contributed by atoms with E-state index in [0.29, 0.717) is 17.2 Å². The third kappa shape index (κ3) is 1.80. The van der Waals surface area contributed by atoms with Crippen LogP contribution in [-0.2, 0) is 5.75 Å². The molecule has 0 fully saturated rings. The van der Waals surface area contributed by atoms with Crippen LogP contribution < -0.4 is 0 Å². The van der Waals surface area contributed by atoms with Crippen LogP contribution in [0.4, 0.5) is 4.39 Å². The van der Waals surface area contributed by atoms with E-state index in [1.54, 1.807) is 18.2 Å². The van der Waals surface area contributed by atoms with E-state index in [0.717, 1.165) is 5.56 Å². The molecule has 4 heteroatoms. The van der Waals surface area contributed by atoms with E-state index < -0.39 is 0 Å². The minimum absolute atomic E-state index is 0.258. The Morgan fingerprint density at radius 3 is 2.57 bits per heavy atom. The predicted octanol–water partition coefficient (Wildman–Crippen LogP) is 2.91. The molecule has 0 bridgehead atoms. The molecule has 72 valence electrons. The average molecular weight is 209 g/mol. The van der Waals surface area contributed by atoms with Gasteiger partial charge in [-0.2, -0.15) is 12.6 Å². The Hall–Kier alpha value is -1.29. The van der Waals surface area contributed by atoms with E-state index in [9.17, 15) is 4.39 Å². The van der Waals surface area contributed by atoms with Gasteiger partial charge in [0, 0.05) is 11.6 Å². The first-order valence-corrected chi connectivity index (χ1v) is 4.75. The van der Waals surface area contributed by atoms with Crippen molar-refractivity contribution in [2.75, 3.05) is 0 Å². The second-order valence-corrected chi connectivity index (χ2v) is 3.16. The summed E-state index contributed by atoms with van der Waals surface area (Å²) in [5.74, 6) is 0.952. The monoisotopic (exact) mass is 209 g/mol. The first-order chi connectivity index (χ1) is 6.79. The van der Waals surface area contributed by atoms with Crippen LogP contribution in [-0.4, -0.2) is 5.16 Å². The Balaban J connectivity index is 2.34. The van der Waals surface area contributed by atoms with Crippen molar-refractivity contribution in [3.63, 3.8) is 0 Å². The van der Waals surface area contributed by atoms with Gasteiger partial charge in [0.05, 0.1) is 5.75 Å². The van der Waals surface area contributed by atoms with Gasteiger partial charge in [-0.05, 0) is 24.3 Å². The van der Waals surface area contributed by atoms with Crippen LogP contribution in [0.25, 0.3) is 11.3 Å². The van der Waals surface area contributed by atoms with E-state index in [1.807, 2.05) is 0 Å². The van der Waals surface area contributed by atoms with Gasteiger partial charge in [0.2, 0.25) is 0 Å². The summed E-state index contributed by atoms with van der Waals surface area (Å²) in [6.07, 6.45) is 0. The van der Waals surface area contributed by atoms with Crippen LogP contribution in [0.3, 0.4) is 0 Å². The zero-order chi connectivity index (χ0) is 9.97. The largest absolute Gasteiger partial charge is 0.360 e. The number of hydrogen-bond donors (Lipinski definition) is 1. The molecule has 1 heterocycles. The molecule has 0 unspecified atom stereocenters. The normalized spacial score (nSPS) is 10.4. The molecular weight excluding hydrogens is 201 g/mol. The topological polar surface area (TPSA) is 26.0 Å². The Bertz CT molecular complexity index is 424. The molecule has 0 aliphatic carbocycles. The van der Waals surface area contributed by atoms with Gasteiger partial charge in [-0.3, -0.25) is 0 Å². The lowest BCUT2D eigenvalue weighted by atomic mass is 10.1. The lowest BCUT2D eigenvalue weighted by Gasteiger charge is -1.93. The Kier molecular flexibility index (Phi) is 2.54. The first kappa shape index (κ1) is 9.27. The molecule has 1 aromatic carbocycles. The highest BCUT2D eigenvalue weighted by Crippen LogP contribution is 2.19. The van der Waals surface area contributed by atoms with Gasteiger partial charge in [-0.1, -0.05) is 5.16 Å². The molecule has 2 rings (SSSR count). The van der Waals surface area contributed by atoms with Gasteiger partial charge in [-0.25, -0.2) is 4.39 Å². The number of nitrogens with zero attached hydrogens (tertiary/aromatic N) is 1. The van der Waals surface area contributed by atoms with Crippen molar-refractivity contribution >= 4 is 12.6 Å². The van der Waals surface area contributed by atoms with Crippen molar-refractivity contribution in [1.29, 1.82) is 0 Å².